The second kappa shape index (κ2) is 7.53. The van der Waals surface area contributed by atoms with Crippen molar-refractivity contribution in [1.29, 1.82) is 0 Å². The molecule has 3 amide bonds. The molecule has 0 aromatic heterocycles. The van der Waals surface area contributed by atoms with Crippen LogP contribution in [0.25, 0.3) is 0 Å². The van der Waals surface area contributed by atoms with E-state index in [1.807, 2.05) is 4.90 Å². The number of hydrogen-bond acceptors (Lipinski definition) is 5. The Morgan fingerprint density at radius 1 is 1.15 bits per heavy atom. The van der Waals surface area contributed by atoms with Gasteiger partial charge in [-0.05, 0) is 25.0 Å². The van der Waals surface area contributed by atoms with Gasteiger partial charge in [0.05, 0.1) is 27.8 Å². The van der Waals surface area contributed by atoms with Crippen LogP contribution in [-0.4, -0.2) is 53.4 Å². The molecule has 2 aliphatic rings. The number of aliphatic hydroxyl groups is 1. The van der Waals surface area contributed by atoms with Gasteiger partial charge in [-0.1, -0.05) is 23.2 Å². The van der Waals surface area contributed by atoms with Gasteiger partial charge in [-0.3, -0.25) is 19.8 Å². The highest BCUT2D eigenvalue weighted by atomic mass is 35.5. The molecule has 0 unspecified atom stereocenters. The molecule has 0 spiro atoms. The monoisotopic (exact) mass is 415 g/mol. The van der Waals surface area contributed by atoms with E-state index < -0.39 is 17.6 Å². The van der Waals surface area contributed by atoms with E-state index >= 15 is 0 Å². The summed E-state index contributed by atoms with van der Waals surface area (Å²) in [7, 11) is 0. The van der Waals surface area contributed by atoms with Gasteiger partial charge in [-0.15, -0.1) is 0 Å². The number of carbonyl (C=O) groups excluding carboxylic acids is 2. The number of imide groups is 1. The lowest BCUT2D eigenvalue weighted by atomic mass is 9.88. The minimum absolute atomic E-state index is 0.191. The van der Waals surface area contributed by atoms with Crippen LogP contribution in [0.5, 0.6) is 0 Å². The number of anilines is 2. The second-order valence-corrected chi connectivity index (χ2v) is 7.61. The van der Waals surface area contributed by atoms with E-state index in [1.165, 1.54) is 4.90 Å². The maximum atomic E-state index is 12.0. The minimum Gasteiger partial charge on any atom is -0.481 e. The number of nitrogens with zero attached hydrogens (tertiary/aromatic N) is 2. The van der Waals surface area contributed by atoms with E-state index in [1.54, 1.807) is 12.1 Å². The fourth-order valence-corrected chi connectivity index (χ4v) is 4.14. The van der Waals surface area contributed by atoms with Gasteiger partial charge in [0.2, 0.25) is 5.91 Å². The standard InChI is InChI=1S/C17H19Cl2N3O5/c18-11-7-10(22-4-1-13(23)20-16(22)26)8-12(19)15(11)21-5-2-17(27,3-6-21)9-14(24)25/h7-8,27H,1-6,9H2,(H,24,25)(H,20,23,26). The summed E-state index contributed by atoms with van der Waals surface area (Å²) < 4.78 is 0. The van der Waals surface area contributed by atoms with E-state index in [0.29, 0.717) is 34.5 Å². The summed E-state index contributed by atoms with van der Waals surface area (Å²) in [5.74, 6) is -1.36. The zero-order valence-corrected chi connectivity index (χ0v) is 15.9. The van der Waals surface area contributed by atoms with Crippen LogP contribution < -0.4 is 15.1 Å². The Balaban J connectivity index is 1.77. The number of amides is 3. The Morgan fingerprint density at radius 2 is 1.74 bits per heavy atom. The van der Waals surface area contributed by atoms with Crippen LogP contribution in [0.1, 0.15) is 25.7 Å². The molecule has 0 radical (unpaired) electrons. The first kappa shape index (κ1) is 19.7. The normalized spacial score (nSPS) is 19.8. The molecule has 3 rings (SSSR count). The summed E-state index contributed by atoms with van der Waals surface area (Å²) in [6.07, 6.45) is 0.454. The fourth-order valence-electron chi connectivity index (χ4n) is 3.43. The molecule has 8 nitrogen and oxygen atoms in total. The van der Waals surface area contributed by atoms with Gasteiger partial charge in [0.15, 0.2) is 0 Å². The molecule has 0 atom stereocenters. The zero-order valence-electron chi connectivity index (χ0n) is 14.4. The van der Waals surface area contributed by atoms with Gasteiger partial charge in [0, 0.05) is 31.7 Å². The predicted molar refractivity (Wildman–Crippen MR) is 101 cm³/mol. The number of aliphatic carboxylic acids is 1. The van der Waals surface area contributed by atoms with Gasteiger partial charge >= 0.3 is 12.0 Å². The first-order chi connectivity index (χ1) is 12.7. The van der Waals surface area contributed by atoms with Crippen LogP contribution in [0.3, 0.4) is 0 Å². The number of urea groups is 1. The molecular weight excluding hydrogens is 397 g/mol. The lowest BCUT2D eigenvalue weighted by Crippen LogP contribution is -2.49. The lowest BCUT2D eigenvalue weighted by molar-refractivity contribution is -0.143. The molecule has 2 heterocycles. The zero-order chi connectivity index (χ0) is 19.8. The first-order valence-electron chi connectivity index (χ1n) is 8.48. The van der Waals surface area contributed by atoms with Crippen LogP contribution in [-0.2, 0) is 9.59 Å². The number of nitrogens with one attached hydrogen (secondary N) is 1. The maximum absolute atomic E-state index is 12.0. The second-order valence-electron chi connectivity index (χ2n) is 6.79. The maximum Gasteiger partial charge on any atom is 0.328 e. The van der Waals surface area contributed by atoms with Crippen LogP contribution in [0, 0.1) is 0 Å². The van der Waals surface area contributed by atoms with Crippen LogP contribution in [0.15, 0.2) is 12.1 Å². The van der Waals surface area contributed by atoms with Crippen molar-refractivity contribution in [2.75, 3.05) is 29.4 Å². The minimum atomic E-state index is -1.24. The summed E-state index contributed by atoms with van der Waals surface area (Å²) in [5.41, 5.74) is -0.175. The number of carboxylic acids is 1. The summed E-state index contributed by atoms with van der Waals surface area (Å²) in [6.45, 7) is 1.05. The third-order valence-electron chi connectivity index (χ3n) is 4.86. The molecule has 0 bridgehead atoms. The van der Waals surface area contributed by atoms with Crippen molar-refractivity contribution in [3.05, 3.63) is 22.2 Å². The van der Waals surface area contributed by atoms with Crippen molar-refractivity contribution in [3.8, 4) is 0 Å². The third-order valence-corrected chi connectivity index (χ3v) is 5.43. The van der Waals surface area contributed by atoms with Crippen molar-refractivity contribution in [2.24, 2.45) is 0 Å². The van der Waals surface area contributed by atoms with E-state index in [4.69, 9.17) is 28.3 Å². The Bertz CT molecular complexity index is 770. The Hall–Kier alpha value is -2.03. The van der Waals surface area contributed by atoms with E-state index in [-0.39, 0.29) is 38.1 Å². The van der Waals surface area contributed by atoms with Crippen molar-refractivity contribution < 1.29 is 24.6 Å². The van der Waals surface area contributed by atoms with E-state index in [0.717, 1.165) is 0 Å². The van der Waals surface area contributed by atoms with Crippen molar-refractivity contribution in [3.63, 3.8) is 0 Å². The fraction of sp³-hybridized carbons (Fsp3) is 0.471. The Labute approximate surface area is 165 Å². The number of carbonyl (C=O) groups is 3. The van der Waals surface area contributed by atoms with Gasteiger partial charge in [0.1, 0.15) is 0 Å². The molecule has 3 N–H and O–H groups in total. The van der Waals surface area contributed by atoms with Crippen molar-refractivity contribution in [2.45, 2.75) is 31.3 Å². The highest BCUT2D eigenvalue weighted by Gasteiger charge is 2.35. The molecule has 10 heteroatoms. The SMILES string of the molecule is O=C(O)CC1(O)CCN(c2c(Cl)cc(N3CCC(=O)NC3=O)cc2Cl)CC1. The molecule has 1 aromatic rings. The largest absolute Gasteiger partial charge is 0.481 e. The number of halogens is 2. The number of rotatable bonds is 4. The average molecular weight is 416 g/mol. The van der Waals surface area contributed by atoms with E-state index in [2.05, 4.69) is 5.32 Å². The molecule has 1 aromatic carbocycles. The third kappa shape index (κ3) is 4.28. The van der Waals surface area contributed by atoms with Crippen molar-refractivity contribution in [1.82, 2.24) is 5.32 Å². The molecule has 0 aliphatic carbocycles. The number of benzene rings is 1. The summed E-state index contributed by atoms with van der Waals surface area (Å²) in [6, 6.07) is 2.69. The summed E-state index contributed by atoms with van der Waals surface area (Å²) in [5, 5.41) is 22.2. The predicted octanol–water partition coefficient (Wildman–Crippen LogP) is 2.25. The lowest BCUT2D eigenvalue weighted by Gasteiger charge is -2.39. The topological polar surface area (TPSA) is 110 Å². The van der Waals surface area contributed by atoms with E-state index in [9.17, 15) is 19.5 Å². The smallest absolute Gasteiger partial charge is 0.328 e. The Kier molecular flexibility index (Phi) is 5.50. The van der Waals surface area contributed by atoms with Crippen LogP contribution in [0.2, 0.25) is 10.0 Å². The molecule has 146 valence electrons. The molecule has 2 saturated heterocycles. The molecule has 2 aliphatic heterocycles. The molecular formula is C17H19Cl2N3O5. The average Bonchev–Trinajstić information content (AvgIpc) is 2.55. The van der Waals surface area contributed by atoms with Crippen LogP contribution in [0.4, 0.5) is 16.2 Å². The van der Waals surface area contributed by atoms with Gasteiger partial charge in [0.25, 0.3) is 0 Å². The van der Waals surface area contributed by atoms with Crippen molar-refractivity contribution >= 4 is 52.5 Å². The molecule has 27 heavy (non-hydrogen) atoms. The number of piperidine rings is 1. The first-order valence-corrected chi connectivity index (χ1v) is 9.24. The number of hydrogen-bond donors (Lipinski definition) is 3. The molecule has 2 fully saturated rings. The molecule has 0 saturated carbocycles. The van der Waals surface area contributed by atoms with Gasteiger partial charge in [-0.2, -0.15) is 0 Å². The highest BCUT2D eigenvalue weighted by Crippen LogP contribution is 2.40. The van der Waals surface area contributed by atoms with Gasteiger partial charge < -0.3 is 15.1 Å². The summed E-state index contributed by atoms with van der Waals surface area (Å²) >= 11 is 12.8. The summed E-state index contributed by atoms with van der Waals surface area (Å²) in [4.78, 5) is 37.5. The highest BCUT2D eigenvalue weighted by molar-refractivity contribution is 6.39. The van der Waals surface area contributed by atoms with Crippen LogP contribution >= 0.6 is 23.2 Å². The van der Waals surface area contributed by atoms with Gasteiger partial charge in [-0.25, -0.2) is 4.79 Å². The Morgan fingerprint density at radius 3 is 2.26 bits per heavy atom. The number of carboxylic acid groups (broad SMARTS) is 1. The quantitative estimate of drug-likeness (QED) is 0.695.